The highest BCUT2D eigenvalue weighted by Crippen LogP contribution is 2.34. The van der Waals surface area contributed by atoms with Crippen molar-refractivity contribution in [2.75, 3.05) is 25.0 Å². The standard InChI is InChI=1S/C22H23N5O4S/c1-13-10-15(11-17-20(28)23-22(32)24(3)21(17)29)14(2)26(13)16-6-7-18(19(12-16)27(30)31)25-8-4-5-9-25/h6-7,10-12H,4-5,8-9H2,1-3H3,(H,23,28,32)/b17-11+. The number of amides is 2. The molecule has 2 amide bonds. The van der Waals surface area contributed by atoms with Crippen LogP contribution in [0.1, 0.15) is 29.8 Å². The summed E-state index contributed by atoms with van der Waals surface area (Å²) in [5.74, 6) is -1.03. The van der Waals surface area contributed by atoms with Crippen LogP contribution in [0.15, 0.2) is 29.8 Å². The molecule has 4 rings (SSSR count). The van der Waals surface area contributed by atoms with Crippen molar-refractivity contribution in [3.63, 3.8) is 0 Å². The zero-order valence-corrected chi connectivity index (χ0v) is 18.9. The molecule has 2 saturated heterocycles. The first kappa shape index (κ1) is 21.7. The Balaban J connectivity index is 1.76. The van der Waals surface area contributed by atoms with E-state index in [9.17, 15) is 19.7 Å². The van der Waals surface area contributed by atoms with E-state index in [4.69, 9.17) is 12.2 Å². The zero-order chi connectivity index (χ0) is 23.2. The first-order valence-electron chi connectivity index (χ1n) is 10.3. The van der Waals surface area contributed by atoms with E-state index in [2.05, 4.69) is 5.32 Å². The number of hydrogen-bond donors (Lipinski definition) is 1. The van der Waals surface area contributed by atoms with Crippen LogP contribution in [0, 0.1) is 24.0 Å². The van der Waals surface area contributed by atoms with Crippen molar-refractivity contribution in [3.8, 4) is 5.69 Å². The molecule has 2 fully saturated rings. The SMILES string of the molecule is Cc1cc(/C=C2\C(=O)NC(=S)N(C)C2=O)c(C)n1-c1ccc(N2CCCC2)c([N+](=O)[O-])c1. The van der Waals surface area contributed by atoms with Crippen LogP contribution in [0.25, 0.3) is 11.8 Å². The highest BCUT2D eigenvalue weighted by atomic mass is 32.1. The van der Waals surface area contributed by atoms with Crippen molar-refractivity contribution < 1.29 is 14.5 Å². The number of carbonyl (C=O) groups is 2. The number of hydrogen-bond acceptors (Lipinski definition) is 6. The van der Waals surface area contributed by atoms with E-state index in [0.717, 1.165) is 37.3 Å². The number of anilines is 1. The van der Waals surface area contributed by atoms with Crippen molar-refractivity contribution in [2.24, 2.45) is 0 Å². The summed E-state index contributed by atoms with van der Waals surface area (Å²) < 4.78 is 1.88. The second-order valence-corrected chi connectivity index (χ2v) is 8.35. The van der Waals surface area contributed by atoms with Crippen molar-refractivity contribution in [3.05, 3.63) is 56.9 Å². The molecule has 2 aromatic rings. The maximum atomic E-state index is 12.5. The molecule has 0 saturated carbocycles. The summed E-state index contributed by atoms with van der Waals surface area (Å²) in [4.78, 5) is 39.5. The minimum absolute atomic E-state index is 0.0169. The highest BCUT2D eigenvalue weighted by molar-refractivity contribution is 7.80. The van der Waals surface area contributed by atoms with Crippen molar-refractivity contribution in [1.29, 1.82) is 0 Å². The van der Waals surface area contributed by atoms with Gasteiger partial charge in [-0.3, -0.25) is 29.9 Å². The van der Waals surface area contributed by atoms with Gasteiger partial charge >= 0.3 is 0 Å². The normalized spacial score (nSPS) is 18.0. The Bertz CT molecular complexity index is 1190. The third kappa shape index (κ3) is 3.66. The first-order chi connectivity index (χ1) is 15.2. The number of rotatable bonds is 4. The van der Waals surface area contributed by atoms with Crippen LogP contribution >= 0.6 is 12.2 Å². The monoisotopic (exact) mass is 453 g/mol. The Labute approximate surface area is 190 Å². The van der Waals surface area contributed by atoms with Crippen LogP contribution in [0.3, 0.4) is 0 Å². The predicted molar refractivity (Wildman–Crippen MR) is 125 cm³/mol. The lowest BCUT2D eigenvalue weighted by Crippen LogP contribution is -2.52. The van der Waals surface area contributed by atoms with Gasteiger partial charge in [-0.1, -0.05) is 0 Å². The third-order valence-electron chi connectivity index (χ3n) is 5.94. The van der Waals surface area contributed by atoms with Gasteiger partial charge in [0.15, 0.2) is 5.11 Å². The number of likely N-dealkylation sites (N-methyl/N-ethyl adjacent to an activating group) is 1. The van der Waals surface area contributed by atoms with Crippen LogP contribution in [0.4, 0.5) is 11.4 Å². The molecule has 0 atom stereocenters. The van der Waals surface area contributed by atoms with Crippen LogP contribution in [-0.4, -0.2) is 51.5 Å². The topological polar surface area (TPSA) is 101 Å². The first-order valence-corrected chi connectivity index (χ1v) is 10.7. The lowest BCUT2D eigenvalue weighted by Gasteiger charge is -2.25. The quantitative estimate of drug-likeness (QED) is 0.251. The van der Waals surface area contributed by atoms with Gasteiger partial charge in [-0.15, -0.1) is 0 Å². The summed E-state index contributed by atoms with van der Waals surface area (Å²) in [6.07, 6.45) is 3.58. The van der Waals surface area contributed by atoms with Gasteiger partial charge in [0, 0.05) is 37.6 Å². The Kier molecular flexibility index (Phi) is 5.55. The average molecular weight is 454 g/mol. The molecule has 0 bridgehead atoms. The summed E-state index contributed by atoms with van der Waals surface area (Å²) >= 11 is 4.98. The third-order valence-corrected chi connectivity index (χ3v) is 6.31. The number of nitrogens with zero attached hydrogens (tertiary/aromatic N) is 4. The fraction of sp³-hybridized carbons (Fsp3) is 0.318. The molecule has 2 aliphatic rings. The van der Waals surface area contributed by atoms with Crippen molar-refractivity contribution >= 4 is 46.6 Å². The van der Waals surface area contributed by atoms with Crippen molar-refractivity contribution in [1.82, 2.24) is 14.8 Å². The number of carbonyl (C=O) groups excluding carboxylic acids is 2. The fourth-order valence-electron chi connectivity index (χ4n) is 4.25. The molecule has 0 spiro atoms. The van der Waals surface area contributed by atoms with E-state index in [1.54, 1.807) is 12.1 Å². The number of aromatic nitrogens is 1. The highest BCUT2D eigenvalue weighted by Gasteiger charge is 2.31. The summed E-state index contributed by atoms with van der Waals surface area (Å²) in [6.45, 7) is 5.35. The maximum absolute atomic E-state index is 12.5. The van der Waals surface area contributed by atoms with Gasteiger partial charge in [-0.25, -0.2) is 0 Å². The molecule has 3 heterocycles. The average Bonchev–Trinajstić information content (AvgIpc) is 3.37. The molecule has 0 aliphatic carbocycles. The minimum atomic E-state index is -0.548. The molecule has 0 radical (unpaired) electrons. The molecule has 166 valence electrons. The molecule has 2 aliphatic heterocycles. The Morgan fingerprint density at radius 2 is 1.84 bits per heavy atom. The molecule has 32 heavy (non-hydrogen) atoms. The molecule has 0 unspecified atom stereocenters. The lowest BCUT2D eigenvalue weighted by molar-refractivity contribution is -0.384. The van der Waals surface area contributed by atoms with Gasteiger partial charge in [0.2, 0.25) is 0 Å². The molecule has 1 aromatic heterocycles. The van der Waals surface area contributed by atoms with Gasteiger partial charge in [0.25, 0.3) is 17.5 Å². The predicted octanol–water partition coefficient (Wildman–Crippen LogP) is 2.86. The number of nitro benzene ring substituents is 1. The minimum Gasteiger partial charge on any atom is -0.366 e. The number of nitrogens with one attached hydrogen (secondary N) is 1. The van der Waals surface area contributed by atoms with Crippen LogP contribution in [0.5, 0.6) is 0 Å². The van der Waals surface area contributed by atoms with E-state index in [-0.39, 0.29) is 21.3 Å². The molecule has 10 heteroatoms. The molecular formula is C22H23N5O4S. The maximum Gasteiger partial charge on any atom is 0.294 e. The number of benzene rings is 1. The smallest absolute Gasteiger partial charge is 0.294 e. The number of aryl methyl sites for hydroxylation is 1. The molecule has 1 aromatic carbocycles. The van der Waals surface area contributed by atoms with Crippen LogP contribution in [-0.2, 0) is 9.59 Å². The largest absolute Gasteiger partial charge is 0.366 e. The van der Waals surface area contributed by atoms with Crippen LogP contribution in [0.2, 0.25) is 0 Å². The van der Waals surface area contributed by atoms with E-state index >= 15 is 0 Å². The summed E-state index contributed by atoms with van der Waals surface area (Å²) in [5, 5.41) is 14.4. The summed E-state index contributed by atoms with van der Waals surface area (Å²) in [5.41, 5.74) is 3.58. The van der Waals surface area contributed by atoms with Gasteiger partial charge in [-0.2, -0.15) is 0 Å². The summed E-state index contributed by atoms with van der Waals surface area (Å²) in [6, 6.07) is 7.08. The van der Waals surface area contributed by atoms with Crippen LogP contribution < -0.4 is 10.2 Å². The lowest BCUT2D eigenvalue weighted by atomic mass is 10.1. The van der Waals surface area contributed by atoms with Gasteiger partial charge in [-0.05, 0) is 68.7 Å². The molecular weight excluding hydrogens is 430 g/mol. The fourth-order valence-corrected chi connectivity index (χ4v) is 4.43. The number of thiocarbonyl (C=S) groups is 1. The molecule has 1 N–H and O–H groups in total. The second-order valence-electron chi connectivity index (χ2n) is 7.97. The van der Waals surface area contributed by atoms with E-state index < -0.39 is 11.8 Å². The van der Waals surface area contributed by atoms with E-state index in [0.29, 0.717) is 16.9 Å². The Morgan fingerprint density at radius 3 is 2.50 bits per heavy atom. The van der Waals surface area contributed by atoms with E-state index in [1.165, 1.54) is 18.0 Å². The molecule has 9 nitrogen and oxygen atoms in total. The second kappa shape index (κ2) is 8.19. The van der Waals surface area contributed by atoms with Gasteiger partial charge < -0.3 is 9.47 Å². The van der Waals surface area contributed by atoms with Crippen molar-refractivity contribution in [2.45, 2.75) is 26.7 Å². The van der Waals surface area contributed by atoms with Gasteiger partial charge in [0.05, 0.1) is 10.6 Å². The van der Waals surface area contributed by atoms with E-state index in [1.807, 2.05) is 35.4 Å². The Morgan fingerprint density at radius 1 is 1.16 bits per heavy atom. The van der Waals surface area contributed by atoms with Gasteiger partial charge in [0.1, 0.15) is 11.3 Å². The summed E-state index contributed by atoms with van der Waals surface area (Å²) in [7, 11) is 1.50. The number of nitro groups is 1. The zero-order valence-electron chi connectivity index (χ0n) is 18.0. The Hall–Kier alpha value is -3.53.